The lowest BCUT2D eigenvalue weighted by molar-refractivity contribution is -0.153. The van der Waals surface area contributed by atoms with Crippen molar-refractivity contribution in [3.63, 3.8) is 0 Å². The first-order valence-corrected chi connectivity index (χ1v) is 4.67. The van der Waals surface area contributed by atoms with Crippen LogP contribution in [0.3, 0.4) is 0 Å². The van der Waals surface area contributed by atoms with Gasteiger partial charge in [0.1, 0.15) is 0 Å². The fourth-order valence-electron chi connectivity index (χ4n) is 2.01. The average molecular weight is 180 g/mol. The molecule has 0 aromatic rings. The monoisotopic (exact) mass is 180 g/mol. The molecule has 1 heterocycles. The lowest BCUT2D eigenvalue weighted by Gasteiger charge is -2.18. The van der Waals surface area contributed by atoms with Gasteiger partial charge in [-0.15, -0.1) is 0 Å². The molecule has 3 nitrogen and oxygen atoms in total. The maximum Gasteiger partial charge on any atom is 0.321 e. The number of allylic oxidation sites excluding steroid dienone is 1. The zero-order valence-corrected chi connectivity index (χ0v) is 7.58. The molecule has 1 aliphatic carbocycles. The van der Waals surface area contributed by atoms with Crippen LogP contribution in [0.2, 0.25) is 0 Å². The second-order valence-electron chi connectivity index (χ2n) is 3.59. The highest BCUT2D eigenvalue weighted by molar-refractivity contribution is 5.97. The van der Waals surface area contributed by atoms with Gasteiger partial charge in [-0.05, 0) is 19.3 Å². The lowest BCUT2D eigenvalue weighted by Crippen LogP contribution is -2.20. The van der Waals surface area contributed by atoms with E-state index in [0.717, 1.165) is 19.3 Å². The third-order valence-corrected chi connectivity index (χ3v) is 2.86. The molecular formula is C10H12O3. The molecular weight excluding hydrogens is 168 g/mol. The van der Waals surface area contributed by atoms with Crippen LogP contribution in [0.15, 0.2) is 11.6 Å². The van der Waals surface area contributed by atoms with Crippen LogP contribution < -0.4 is 0 Å². The molecule has 0 bridgehead atoms. The maximum atomic E-state index is 11.2. The molecule has 3 heteroatoms. The van der Waals surface area contributed by atoms with Gasteiger partial charge in [0.15, 0.2) is 0 Å². The van der Waals surface area contributed by atoms with Crippen LogP contribution in [0.25, 0.3) is 0 Å². The Labute approximate surface area is 76.8 Å². The molecule has 1 fully saturated rings. The minimum absolute atomic E-state index is 0.192. The van der Waals surface area contributed by atoms with Gasteiger partial charge < -0.3 is 4.74 Å². The molecule has 0 aromatic carbocycles. The van der Waals surface area contributed by atoms with E-state index >= 15 is 0 Å². The Morgan fingerprint density at radius 3 is 2.92 bits per heavy atom. The second kappa shape index (κ2) is 2.98. The molecule has 0 saturated carbocycles. The van der Waals surface area contributed by atoms with Crippen molar-refractivity contribution in [3.05, 3.63) is 11.6 Å². The van der Waals surface area contributed by atoms with E-state index in [1.54, 1.807) is 0 Å². The van der Waals surface area contributed by atoms with Gasteiger partial charge in [0.25, 0.3) is 0 Å². The zero-order chi connectivity index (χ0) is 9.42. The minimum atomic E-state index is -0.361. The number of cyclic esters (lactones) is 2. The van der Waals surface area contributed by atoms with E-state index in [9.17, 15) is 9.59 Å². The van der Waals surface area contributed by atoms with Crippen LogP contribution in [-0.2, 0) is 14.3 Å². The number of carbonyl (C=O) groups is 2. The molecule has 0 N–H and O–H groups in total. The molecule has 1 saturated heterocycles. The SMILES string of the molecule is CCC1=CC2C(=O)OC(=O)C2CC1. The Morgan fingerprint density at radius 2 is 2.23 bits per heavy atom. The van der Waals surface area contributed by atoms with Crippen LogP contribution >= 0.6 is 0 Å². The molecule has 70 valence electrons. The predicted molar refractivity (Wildman–Crippen MR) is 45.7 cm³/mol. The Morgan fingerprint density at radius 1 is 1.46 bits per heavy atom. The predicted octanol–water partition coefficient (Wildman–Crippen LogP) is 1.43. The number of fused-ring (bicyclic) bond motifs is 1. The van der Waals surface area contributed by atoms with E-state index in [2.05, 4.69) is 11.7 Å². The molecule has 2 unspecified atom stereocenters. The van der Waals surface area contributed by atoms with E-state index in [1.807, 2.05) is 6.08 Å². The van der Waals surface area contributed by atoms with E-state index in [1.165, 1.54) is 5.57 Å². The fraction of sp³-hybridized carbons (Fsp3) is 0.600. The molecule has 0 radical (unpaired) electrons. The standard InChI is InChI=1S/C10H12O3/c1-2-6-3-4-7-8(5-6)10(12)13-9(7)11/h5,7-8H,2-4H2,1H3. The van der Waals surface area contributed by atoms with Crippen LogP contribution in [0.1, 0.15) is 26.2 Å². The summed E-state index contributed by atoms with van der Waals surface area (Å²) in [6, 6.07) is 0. The summed E-state index contributed by atoms with van der Waals surface area (Å²) >= 11 is 0. The van der Waals surface area contributed by atoms with Crippen molar-refractivity contribution in [1.29, 1.82) is 0 Å². The van der Waals surface area contributed by atoms with Crippen molar-refractivity contribution in [2.75, 3.05) is 0 Å². The molecule has 2 atom stereocenters. The number of esters is 2. The third-order valence-electron chi connectivity index (χ3n) is 2.86. The summed E-state index contributed by atoms with van der Waals surface area (Å²) in [5, 5.41) is 0. The average Bonchev–Trinajstić information content (AvgIpc) is 2.42. The van der Waals surface area contributed by atoms with Crippen molar-refractivity contribution in [2.45, 2.75) is 26.2 Å². The highest BCUT2D eigenvalue weighted by Gasteiger charge is 2.44. The summed E-state index contributed by atoms with van der Waals surface area (Å²) in [7, 11) is 0. The smallest absolute Gasteiger partial charge is 0.321 e. The molecule has 13 heavy (non-hydrogen) atoms. The highest BCUT2D eigenvalue weighted by atomic mass is 16.6. The Kier molecular flexibility index (Phi) is 1.94. The van der Waals surface area contributed by atoms with Crippen LogP contribution in [0, 0.1) is 11.8 Å². The Balaban J connectivity index is 2.26. The van der Waals surface area contributed by atoms with Gasteiger partial charge in [-0.1, -0.05) is 18.6 Å². The zero-order valence-electron chi connectivity index (χ0n) is 7.58. The van der Waals surface area contributed by atoms with Crippen molar-refractivity contribution in [2.24, 2.45) is 11.8 Å². The third kappa shape index (κ3) is 1.28. The quantitative estimate of drug-likeness (QED) is 0.348. The summed E-state index contributed by atoms with van der Waals surface area (Å²) in [4.78, 5) is 22.3. The van der Waals surface area contributed by atoms with Crippen molar-refractivity contribution in [3.8, 4) is 0 Å². The van der Waals surface area contributed by atoms with Gasteiger partial charge in [0.05, 0.1) is 11.8 Å². The Hall–Kier alpha value is -1.12. The first-order valence-electron chi connectivity index (χ1n) is 4.67. The fourth-order valence-corrected chi connectivity index (χ4v) is 2.01. The van der Waals surface area contributed by atoms with Gasteiger partial charge in [-0.2, -0.15) is 0 Å². The number of ether oxygens (including phenoxy) is 1. The van der Waals surface area contributed by atoms with Gasteiger partial charge in [-0.3, -0.25) is 9.59 Å². The van der Waals surface area contributed by atoms with E-state index < -0.39 is 0 Å². The largest absolute Gasteiger partial charge is 0.392 e. The Bertz CT molecular complexity index is 291. The normalized spacial score (nSPS) is 32.5. The van der Waals surface area contributed by atoms with E-state index in [-0.39, 0.29) is 23.8 Å². The number of hydrogen-bond acceptors (Lipinski definition) is 3. The number of carbonyl (C=O) groups excluding carboxylic acids is 2. The summed E-state index contributed by atoms with van der Waals surface area (Å²) in [5.41, 5.74) is 1.27. The molecule has 0 amide bonds. The maximum absolute atomic E-state index is 11.2. The molecule has 0 spiro atoms. The van der Waals surface area contributed by atoms with Gasteiger partial charge in [0, 0.05) is 0 Å². The first kappa shape index (κ1) is 8.48. The lowest BCUT2D eigenvalue weighted by atomic mass is 9.82. The summed E-state index contributed by atoms with van der Waals surface area (Å²) in [6.07, 6.45) is 4.58. The summed E-state index contributed by atoms with van der Waals surface area (Å²) in [6.45, 7) is 2.06. The van der Waals surface area contributed by atoms with Crippen LogP contribution in [0.5, 0.6) is 0 Å². The van der Waals surface area contributed by atoms with Gasteiger partial charge >= 0.3 is 11.9 Å². The molecule has 0 aromatic heterocycles. The van der Waals surface area contributed by atoms with Crippen LogP contribution in [-0.4, -0.2) is 11.9 Å². The van der Waals surface area contributed by atoms with E-state index in [0.29, 0.717) is 0 Å². The summed E-state index contributed by atoms with van der Waals surface area (Å²) < 4.78 is 4.58. The minimum Gasteiger partial charge on any atom is -0.392 e. The number of hydrogen-bond donors (Lipinski definition) is 0. The van der Waals surface area contributed by atoms with Crippen LogP contribution in [0.4, 0.5) is 0 Å². The second-order valence-corrected chi connectivity index (χ2v) is 3.59. The van der Waals surface area contributed by atoms with E-state index in [4.69, 9.17) is 0 Å². The highest BCUT2D eigenvalue weighted by Crippen LogP contribution is 2.35. The van der Waals surface area contributed by atoms with Crippen molar-refractivity contribution in [1.82, 2.24) is 0 Å². The molecule has 2 aliphatic rings. The summed E-state index contributed by atoms with van der Waals surface area (Å²) in [5.74, 6) is -1.17. The molecule has 1 aliphatic heterocycles. The number of rotatable bonds is 1. The van der Waals surface area contributed by atoms with Gasteiger partial charge in [0.2, 0.25) is 0 Å². The topological polar surface area (TPSA) is 43.4 Å². The van der Waals surface area contributed by atoms with Crippen molar-refractivity contribution >= 4 is 11.9 Å². The molecule has 2 rings (SSSR count). The van der Waals surface area contributed by atoms with Crippen molar-refractivity contribution < 1.29 is 14.3 Å². The first-order chi connectivity index (χ1) is 6.22. The van der Waals surface area contributed by atoms with Gasteiger partial charge in [-0.25, -0.2) is 0 Å².